The Kier molecular flexibility index (Phi) is 4.52. The lowest BCUT2D eigenvalue weighted by molar-refractivity contribution is -0.140. The predicted molar refractivity (Wildman–Crippen MR) is 90.1 cm³/mol. The summed E-state index contributed by atoms with van der Waals surface area (Å²) in [4.78, 5) is 26.7. The number of benzene rings is 2. The van der Waals surface area contributed by atoms with E-state index in [1.165, 1.54) is 25.3 Å². The zero-order valence-electron chi connectivity index (χ0n) is 13.5. The van der Waals surface area contributed by atoms with Gasteiger partial charge in [-0.3, -0.25) is 9.59 Å². The second-order valence-electron chi connectivity index (χ2n) is 5.64. The van der Waals surface area contributed by atoms with Crippen LogP contribution >= 0.6 is 0 Å². The number of nitrogens with one attached hydrogen (secondary N) is 1. The Balaban J connectivity index is 1.94. The van der Waals surface area contributed by atoms with Crippen molar-refractivity contribution in [1.29, 1.82) is 0 Å². The van der Waals surface area contributed by atoms with Crippen molar-refractivity contribution in [3.63, 3.8) is 0 Å². The summed E-state index contributed by atoms with van der Waals surface area (Å²) in [6.45, 7) is 0. The highest BCUT2D eigenvalue weighted by molar-refractivity contribution is 6.18. The molecule has 0 unspecified atom stereocenters. The number of methoxy groups -OCH3 is 1. The number of hydrogen-bond acceptors (Lipinski definition) is 4. The third-order valence-corrected chi connectivity index (χ3v) is 4.00. The monoisotopic (exact) mass is 341 g/mol. The minimum atomic E-state index is -0.461. The molecule has 0 radical (unpaired) electrons. The lowest BCUT2D eigenvalue weighted by Crippen LogP contribution is -2.04. The average Bonchev–Trinajstić information content (AvgIpc) is 2.94. The molecule has 2 aromatic carbocycles. The molecule has 3 rings (SSSR count). The van der Waals surface area contributed by atoms with Gasteiger partial charge in [0.1, 0.15) is 5.82 Å². The third-order valence-electron chi connectivity index (χ3n) is 4.00. The lowest BCUT2D eigenvalue weighted by atomic mass is 9.99. The van der Waals surface area contributed by atoms with Crippen LogP contribution in [0.3, 0.4) is 0 Å². The summed E-state index contributed by atoms with van der Waals surface area (Å²) in [5, 5.41) is 10.5. The van der Waals surface area contributed by atoms with E-state index in [1.807, 2.05) is 6.07 Å². The first-order chi connectivity index (χ1) is 12.0. The van der Waals surface area contributed by atoms with Gasteiger partial charge in [0.05, 0.1) is 18.2 Å². The van der Waals surface area contributed by atoms with E-state index < -0.39 is 5.82 Å². The molecule has 0 saturated carbocycles. The zero-order valence-corrected chi connectivity index (χ0v) is 13.5. The molecule has 0 fully saturated rings. The van der Waals surface area contributed by atoms with Crippen molar-refractivity contribution >= 4 is 22.7 Å². The van der Waals surface area contributed by atoms with E-state index in [4.69, 9.17) is 0 Å². The number of halogens is 1. The summed E-state index contributed by atoms with van der Waals surface area (Å²) in [6, 6.07) is 10.7. The first-order valence-electron chi connectivity index (χ1n) is 7.70. The van der Waals surface area contributed by atoms with Gasteiger partial charge in [-0.2, -0.15) is 0 Å². The van der Waals surface area contributed by atoms with E-state index in [-0.39, 0.29) is 29.6 Å². The van der Waals surface area contributed by atoms with Crippen molar-refractivity contribution in [3.05, 3.63) is 65.0 Å². The van der Waals surface area contributed by atoms with Crippen molar-refractivity contribution in [1.82, 2.24) is 4.98 Å². The summed E-state index contributed by atoms with van der Waals surface area (Å²) in [5.41, 5.74) is 1.63. The van der Waals surface area contributed by atoms with Gasteiger partial charge in [0.15, 0.2) is 5.78 Å². The second kappa shape index (κ2) is 6.76. The van der Waals surface area contributed by atoms with Gasteiger partial charge < -0.3 is 14.8 Å². The van der Waals surface area contributed by atoms with Gasteiger partial charge in [-0.15, -0.1) is 0 Å². The first-order valence-corrected chi connectivity index (χ1v) is 7.70. The van der Waals surface area contributed by atoms with Gasteiger partial charge in [0, 0.05) is 17.4 Å². The number of aromatic nitrogens is 1. The molecule has 0 aliphatic heterocycles. The van der Waals surface area contributed by atoms with Crippen LogP contribution in [0, 0.1) is 5.82 Å². The topological polar surface area (TPSA) is 79.4 Å². The van der Waals surface area contributed by atoms with Crippen molar-refractivity contribution in [2.75, 3.05) is 7.11 Å². The van der Waals surface area contributed by atoms with E-state index in [9.17, 15) is 19.1 Å². The Morgan fingerprint density at radius 1 is 1.20 bits per heavy atom. The van der Waals surface area contributed by atoms with Crippen LogP contribution in [-0.2, 0) is 16.0 Å². The van der Waals surface area contributed by atoms with Gasteiger partial charge in [-0.1, -0.05) is 18.2 Å². The Labute approximate surface area is 143 Å². The van der Waals surface area contributed by atoms with Crippen molar-refractivity contribution in [3.8, 4) is 5.88 Å². The number of carbonyl (C=O) groups is 2. The largest absolute Gasteiger partial charge is 0.494 e. The first kappa shape index (κ1) is 16.7. The van der Waals surface area contributed by atoms with E-state index >= 15 is 0 Å². The van der Waals surface area contributed by atoms with Gasteiger partial charge in [-0.25, -0.2) is 4.39 Å². The summed E-state index contributed by atoms with van der Waals surface area (Å²) < 4.78 is 17.9. The molecule has 0 atom stereocenters. The molecule has 1 heterocycles. The minimum absolute atomic E-state index is 0.0973. The highest BCUT2D eigenvalue weighted by atomic mass is 19.1. The number of aromatic amines is 1. The Morgan fingerprint density at radius 2 is 2.00 bits per heavy atom. The molecule has 5 nitrogen and oxygen atoms in total. The number of carbonyl (C=O) groups excluding carboxylic acids is 2. The molecular weight excluding hydrogens is 325 g/mol. The summed E-state index contributed by atoms with van der Waals surface area (Å²) in [7, 11) is 1.32. The van der Waals surface area contributed by atoms with Crippen LogP contribution < -0.4 is 0 Å². The van der Waals surface area contributed by atoms with Gasteiger partial charge in [0.25, 0.3) is 0 Å². The quantitative estimate of drug-likeness (QED) is 0.551. The molecule has 0 bridgehead atoms. The molecule has 1 aromatic heterocycles. The highest BCUT2D eigenvalue weighted by Crippen LogP contribution is 2.30. The maximum atomic E-state index is 13.3. The number of ether oxygens (including phenoxy) is 1. The summed E-state index contributed by atoms with van der Waals surface area (Å²) in [5.74, 6) is -1.47. The number of rotatable bonds is 5. The van der Waals surface area contributed by atoms with Crippen LogP contribution in [0.2, 0.25) is 0 Å². The van der Waals surface area contributed by atoms with E-state index in [0.717, 1.165) is 5.56 Å². The number of fused-ring (bicyclic) bond motifs is 1. The summed E-state index contributed by atoms with van der Waals surface area (Å²) >= 11 is 0. The van der Waals surface area contributed by atoms with Gasteiger partial charge >= 0.3 is 5.97 Å². The standard InChI is InChI=1S/C19H16FNO4/c1-25-16(22)8-5-11-3-2-4-12(9-11)18(23)17-14-7-6-13(20)10-15(14)21-19(17)24/h2-4,6-7,9-10,21,24H,5,8H2,1H3. The highest BCUT2D eigenvalue weighted by Gasteiger charge is 2.20. The van der Waals surface area contributed by atoms with Crippen LogP contribution in [0.5, 0.6) is 5.88 Å². The van der Waals surface area contributed by atoms with Gasteiger partial charge in [-0.05, 0) is 36.2 Å². The fourth-order valence-electron chi connectivity index (χ4n) is 2.75. The van der Waals surface area contributed by atoms with Crippen molar-refractivity contribution in [2.45, 2.75) is 12.8 Å². The van der Waals surface area contributed by atoms with Crippen molar-refractivity contribution < 1.29 is 23.8 Å². The molecule has 0 saturated heterocycles. The van der Waals surface area contributed by atoms with Crippen LogP contribution in [0.15, 0.2) is 42.5 Å². The van der Waals surface area contributed by atoms with Crippen molar-refractivity contribution in [2.24, 2.45) is 0 Å². The smallest absolute Gasteiger partial charge is 0.305 e. The third kappa shape index (κ3) is 3.38. The second-order valence-corrected chi connectivity index (χ2v) is 5.64. The summed E-state index contributed by atoms with van der Waals surface area (Å²) in [6.07, 6.45) is 0.657. The fraction of sp³-hybridized carbons (Fsp3) is 0.158. The lowest BCUT2D eigenvalue weighted by Gasteiger charge is -2.05. The molecule has 6 heteroatoms. The number of esters is 1. The zero-order chi connectivity index (χ0) is 18.0. The van der Waals surface area contributed by atoms with Crippen LogP contribution in [0.4, 0.5) is 4.39 Å². The molecule has 0 aliphatic carbocycles. The van der Waals surface area contributed by atoms with Crippen LogP contribution in [0.1, 0.15) is 27.9 Å². The number of H-pyrrole nitrogens is 1. The molecule has 0 amide bonds. The number of aromatic hydroxyl groups is 1. The molecule has 25 heavy (non-hydrogen) atoms. The molecule has 128 valence electrons. The molecule has 2 N–H and O–H groups in total. The van der Waals surface area contributed by atoms with E-state index in [1.54, 1.807) is 18.2 Å². The molecule has 3 aromatic rings. The number of hydrogen-bond donors (Lipinski definition) is 2. The molecule has 0 aliphatic rings. The molecular formula is C19H16FNO4. The Morgan fingerprint density at radius 3 is 2.76 bits per heavy atom. The van der Waals surface area contributed by atoms with Crippen LogP contribution in [0.25, 0.3) is 10.9 Å². The average molecular weight is 341 g/mol. The Hall–Kier alpha value is -3.15. The normalized spacial score (nSPS) is 10.8. The maximum Gasteiger partial charge on any atom is 0.305 e. The number of ketones is 1. The van der Waals surface area contributed by atoms with Crippen LogP contribution in [-0.4, -0.2) is 29.0 Å². The fourth-order valence-corrected chi connectivity index (χ4v) is 2.75. The van der Waals surface area contributed by atoms with E-state index in [2.05, 4.69) is 9.72 Å². The minimum Gasteiger partial charge on any atom is -0.494 e. The maximum absolute atomic E-state index is 13.3. The predicted octanol–water partition coefficient (Wildman–Crippen LogP) is 3.35. The number of aryl methyl sites for hydroxylation is 1. The van der Waals surface area contributed by atoms with Gasteiger partial charge in [0.2, 0.25) is 5.88 Å². The van der Waals surface area contributed by atoms with E-state index in [0.29, 0.717) is 22.9 Å². The SMILES string of the molecule is COC(=O)CCc1cccc(C(=O)c2c(O)[nH]c3cc(F)ccc23)c1. The molecule has 0 spiro atoms. The Bertz CT molecular complexity index is 961.